The van der Waals surface area contributed by atoms with Crippen LogP contribution in [-0.2, 0) is 19.2 Å². The Balaban J connectivity index is 1.31. The van der Waals surface area contributed by atoms with Gasteiger partial charge in [0.25, 0.3) is 5.91 Å². The number of fused-ring (bicyclic) bond motifs is 5. The molecule has 9 heteroatoms. The van der Waals surface area contributed by atoms with Crippen LogP contribution < -0.4 is 10.6 Å². The number of rotatable bonds is 10. The van der Waals surface area contributed by atoms with Crippen molar-refractivity contribution in [3.05, 3.63) is 11.6 Å². The van der Waals surface area contributed by atoms with Crippen LogP contribution in [0.15, 0.2) is 16.8 Å². The van der Waals surface area contributed by atoms with E-state index in [0.717, 1.165) is 57.1 Å². The smallest absolute Gasteiger partial charge is 0.326 e. The first-order valence-corrected chi connectivity index (χ1v) is 15.3. The average Bonchev–Trinajstić information content (AvgIpc) is 3.21. The maximum absolute atomic E-state index is 12.4. The third-order valence-corrected chi connectivity index (χ3v) is 11.0. The Hall–Kier alpha value is -2.86. The van der Waals surface area contributed by atoms with Crippen molar-refractivity contribution in [2.24, 2.45) is 33.7 Å². The lowest BCUT2D eigenvalue weighted by Gasteiger charge is -2.58. The van der Waals surface area contributed by atoms with E-state index in [-0.39, 0.29) is 17.4 Å². The molecule has 0 heterocycles. The monoisotopic (exact) mass is 569 g/mol. The summed E-state index contributed by atoms with van der Waals surface area (Å²) in [4.78, 5) is 41.5. The molecule has 3 saturated carbocycles. The highest BCUT2D eigenvalue weighted by atomic mass is 16.6. The zero-order valence-electron chi connectivity index (χ0n) is 25.0. The van der Waals surface area contributed by atoms with Crippen molar-refractivity contribution >= 4 is 23.5 Å². The van der Waals surface area contributed by atoms with Crippen LogP contribution in [0, 0.1) is 40.9 Å². The van der Waals surface area contributed by atoms with Gasteiger partial charge in [0.2, 0.25) is 5.91 Å². The number of aliphatic hydroxyl groups is 1. The zero-order valence-corrected chi connectivity index (χ0v) is 25.0. The molecule has 4 rings (SSSR count). The number of allylic oxidation sites excluding steroid dienone is 2. The highest BCUT2D eigenvalue weighted by Crippen LogP contribution is 2.67. The maximum atomic E-state index is 12.4. The normalized spacial score (nSPS) is 36.4. The molecule has 4 N–H and O–H groups in total. The third kappa shape index (κ3) is 5.90. The Kier molecular flexibility index (Phi) is 9.22. The van der Waals surface area contributed by atoms with Gasteiger partial charge in [0.15, 0.2) is 6.61 Å². The van der Waals surface area contributed by atoms with E-state index in [4.69, 9.17) is 11.3 Å². The van der Waals surface area contributed by atoms with Gasteiger partial charge in [-0.05, 0) is 94.0 Å². The van der Waals surface area contributed by atoms with E-state index in [0.29, 0.717) is 37.0 Å². The van der Waals surface area contributed by atoms with E-state index in [2.05, 4.69) is 41.6 Å². The number of amides is 2. The topological polar surface area (TPSA) is 137 Å². The summed E-state index contributed by atoms with van der Waals surface area (Å²) in [6.45, 7) is 7.72. The number of hydrogen-bond donors (Lipinski definition) is 4. The molecule has 0 aromatic carbocycles. The molecule has 41 heavy (non-hydrogen) atoms. The molecule has 4 aliphatic carbocycles. The van der Waals surface area contributed by atoms with Gasteiger partial charge in [0, 0.05) is 5.41 Å². The standard InChI is InChI=1S/C32H47N3O6/c1-6-8-9-26(29(38)39)34-28(37)20(3)33-27(36)19-41-35-22-12-15-30(4)21(18-22)10-11-23-24(30)13-16-31(5)25(23)14-17-32(31,40)7-2/h2,18,20,23-26,40H,6,8-17,19H2,1,3-5H3,(H,33,36)(H,34,37)(H,38,39)/b35-22-/t20?,23-,24+,25+,26?,30+,31+,32-/m1/s1. The Morgan fingerprint density at radius 3 is 2.56 bits per heavy atom. The van der Waals surface area contributed by atoms with Crippen molar-refractivity contribution in [2.75, 3.05) is 6.61 Å². The van der Waals surface area contributed by atoms with Crippen molar-refractivity contribution < 1.29 is 29.4 Å². The van der Waals surface area contributed by atoms with Gasteiger partial charge in [-0.3, -0.25) is 9.59 Å². The number of nitrogens with one attached hydrogen (secondary N) is 2. The number of carboxylic acids is 1. The number of aliphatic carboxylic acids is 1. The van der Waals surface area contributed by atoms with Crippen LogP contribution in [0.25, 0.3) is 0 Å². The second-order valence-corrected chi connectivity index (χ2v) is 13.2. The molecular weight excluding hydrogens is 522 g/mol. The first-order chi connectivity index (χ1) is 19.4. The minimum absolute atomic E-state index is 0.0885. The van der Waals surface area contributed by atoms with E-state index in [1.165, 1.54) is 12.5 Å². The molecule has 9 nitrogen and oxygen atoms in total. The maximum Gasteiger partial charge on any atom is 0.326 e. The van der Waals surface area contributed by atoms with E-state index in [1.54, 1.807) is 0 Å². The SMILES string of the molecule is C#C[C@@]1(O)CC[C@H]2[C@@H]3CCC4=C/C(=N\OCC(=O)NC(C)C(=O)NC(CCCC)C(=O)O)CC[C@]4(C)[C@H]3CC[C@@]21C. The highest BCUT2D eigenvalue weighted by Gasteiger charge is 2.63. The Morgan fingerprint density at radius 1 is 1.15 bits per heavy atom. The van der Waals surface area contributed by atoms with E-state index < -0.39 is 35.5 Å². The molecule has 0 aromatic heterocycles. The molecule has 0 aliphatic heterocycles. The number of terminal acetylenes is 1. The minimum Gasteiger partial charge on any atom is -0.480 e. The second-order valence-electron chi connectivity index (χ2n) is 13.2. The molecule has 0 aromatic rings. The predicted octanol–water partition coefficient (Wildman–Crippen LogP) is 3.95. The van der Waals surface area contributed by atoms with Gasteiger partial charge >= 0.3 is 5.97 Å². The lowest BCUT2D eigenvalue weighted by molar-refractivity contribution is -0.142. The molecule has 226 valence electrons. The molecule has 0 bridgehead atoms. The first kappa shape index (κ1) is 31.1. The summed E-state index contributed by atoms with van der Waals surface area (Å²) in [6.07, 6.45) is 17.3. The zero-order chi connectivity index (χ0) is 30.0. The lowest BCUT2D eigenvalue weighted by Crippen LogP contribution is -2.54. The number of hydrogen-bond acceptors (Lipinski definition) is 6. The number of nitrogens with zero attached hydrogens (tertiary/aromatic N) is 1. The summed E-state index contributed by atoms with van der Waals surface area (Å²) in [6, 6.07) is -1.88. The fraction of sp³-hybridized carbons (Fsp3) is 0.750. The Labute approximate surface area is 243 Å². The van der Waals surface area contributed by atoms with Crippen LogP contribution in [0.5, 0.6) is 0 Å². The van der Waals surface area contributed by atoms with Crippen molar-refractivity contribution in [3.8, 4) is 12.3 Å². The molecule has 0 saturated heterocycles. The summed E-state index contributed by atoms with van der Waals surface area (Å²) < 4.78 is 0. The predicted molar refractivity (Wildman–Crippen MR) is 156 cm³/mol. The van der Waals surface area contributed by atoms with Gasteiger partial charge in [0.1, 0.15) is 17.7 Å². The van der Waals surface area contributed by atoms with Gasteiger partial charge < -0.3 is 25.7 Å². The quantitative estimate of drug-likeness (QED) is 0.232. The molecule has 0 spiro atoms. The minimum atomic E-state index is -1.09. The van der Waals surface area contributed by atoms with Gasteiger partial charge in [-0.25, -0.2) is 4.79 Å². The summed E-state index contributed by atoms with van der Waals surface area (Å²) in [5.41, 5.74) is 1.10. The highest BCUT2D eigenvalue weighted by molar-refractivity contribution is 5.96. The van der Waals surface area contributed by atoms with Gasteiger partial charge in [-0.1, -0.05) is 50.3 Å². The van der Waals surface area contributed by atoms with E-state index in [1.807, 2.05) is 6.92 Å². The van der Waals surface area contributed by atoms with Crippen LogP contribution in [0.4, 0.5) is 0 Å². The fourth-order valence-electron chi connectivity index (χ4n) is 8.38. The van der Waals surface area contributed by atoms with Crippen LogP contribution in [0.2, 0.25) is 0 Å². The Bertz CT molecular complexity index is 1140. The van der Waals surface area contributed by atoms with E-state index in [9.17, 15) is 24.6 Å². The largest absolute Gasteiger partial charge is 0.480 e. The molecular formula is C32H47N3O6. The Morgan fingerprint density at radius 2 is 1.88 bits per heavy atom. The summed E-state index contributed by atoms with van der Waals surface area (Å²) >= 11 is 0. The summed E-state index contributed by atoms with van der Waals surface area (Å²) in [7, 11) is 0. The molecule has 8 atom stereocenters. The van der Waals surface area contributed by atoms with E-state index >= 15 is 0 Å². The number of carbonyl (C=O) groups excluding carboxylic acids is 2. The molecule has 0 radical (unpaired) electrons. The van der Waals surface area contributed by atoms with Crippen molar-refractivity contribution in [3.63, 3.8) is 0 Å². The molecule has 2 unspecified atom stereocenters. The van der Waals surface area contributed by atoms with Crippen molar-refractivity contribution in [2.45, 2.75) is 116 Å². The van der Waals surface area contributed by atoms with Gasteiger partial charge in [-0.15, -0.1) is 6.42 Å². The first-order valence-electron chi connectivity index (χ1n) is 15.3. The van der Waals surface area contributed by atoms with Crippen LogP contribution in [0.1, 0.15) is 98.3 Å². The third-order valence-electron chi connectivity index (χ3n) is 11.0. The van der Waals surface area contributed by atoms with Crippen LogP contribution in [0.3, 0.4) is 0 Å². The molecule has 2 amide bonds. The van der Waals surface area contributed by atoms with Crippen LogP contribution in [-0.4, -0.2) is 58.0 Å². The van der Waals surface area contributed by atoms with Gasteiger partial charge in [-0.2, -0.15) is 0 Å². The summed E-state index contributed by atoms with van der Waals surface area (Å²) in [5.74, 6) is 2.19. The fourth-order valence-corrected chi connectivity index (χ4v) is 8.38. The molecule has 3 fully saturated rings. The van der Waals surface area contributed by atoms with Crippen molar-refractivity contribution in [1.29, 1.82) is 0 Å². The lowest BCUT2D eigenvalue weighted by atomic mass is 9.46. The van der Waals surface area contributed by atoms with Crippen molar-refractivity contribution in [1.82, 2.24) is 10.6 Å². The number of oxime groups is 1. The number of carboxylic acid groups (broad SMARTS) is 1. The number of unbranched alkanes of at least 4 members (excludes halogenated alkanes) is 1. The second kappa shape index (κ2) is 12.2. The summed E-state index contributed by atoms with van der Waals surface area (Å²) in [5, 5.41) is 29.8. The van der Waals surface area contributed by atoms with Crippen LogP contribution >= 0.6 is 0 Å². The molecule has 4 aliphatic rings. The average molecular weight is 570 g/mol. The van der Waals surface area contributed by atoms with Gasteiger partial charge in [0.05, 0.1) is 5.71 Å². The number of carbonyl (C=O) groups is 3.